The number of rotatable bonds is 5. The van der Waals surface area contributed by atoms with Crippen molar-refractivity contribution in [2.24, 2.45) is 0 Å². The third-order valence-corrected chi connectivity index (χ3v) is 6.23. The van der Waals surface area contributed by atoms with Crippen molar-refractivity contribution in [2.45, 2.75) is 45.8 Å². The highest BCUT2D eigenvalue weighted by Crippen LogP contribution is 2.39. The molecule has 5 nitrogen and oxygen atoms in total. The number of hydrogen-bond acceptors (Lipinski definition) is 3. The van der Waals surface area contributed by atoms with Gasteiger partial charge in [-0.2, -0.15) is 9.78 Å². The fourth-order valence-corrected chi connectivity index (χ4v) is 4.35. The van der Waals surface area contributed by atoms with Gasteiger partial charge in [0.2, 0.25) is 4.77 Å². The number of nitrogens with one attached hydrogen (secondary N) is 1. The Hall–Kier alpha value is -1.37. The van der Waals surface area contributed by atoms with Gasteiger partial charge in [-0.1, -0.05) is 17.7 Å². The topological polar surface area (TPSA) is 30.4 Å². The number of piperazine rings is 1. The molecule has 1 aromatic carbocycles. The summed E-state index contributed by atoms with van der Waals surface area (Å²) in [4.78, 5) is 3.99. The van der Waals surface area contributed by atoms with Gasteiger partial charge in [0.05, 0.1) is 26.2 Å². The lowest BCUT2D eigenvalue weighted by molar-refractivity contribution is -0.924. The lowest BCUT2D eigenvalue weighted by Crippen LogP contribution is -3.14. The predicted molar refractivity (Wildman–Crippen MR) is 108 cm³/mol. The van der Waals surface area contributed by atoms with E-state index in [4.69, 9.17) is 28.9 Å². The Morgan fingerprint density at radius 3 is 2.65 bits per heavy atom. The molecule has 1 saturated heterocycles. The van der Waals surface area contributed by atoms with Crippen molar-refractivity contribution in [3.8, 4) is 0 Å². The first-order valence-corrected chi connectivity index (χ1v) is 10.4. The van der Waals surface area contributed by atoms with Crippen molar-refractivity contribution in [1.82, 2.24) is 14.3 Å². The number of nitrogens with zero attached hydrogens (tertiary/aromatic N) is 4. The summed E-state index contributed by atoms with van der Waals surface area (Å²) >= 11 is 11.9. The standard InChI is InChI=1S/C19H26ClN5S/c1-3-24-18(15-5-6-15)21-25(19(24)26)13-22-8-10-23(11-9-22)17-12-16(20)7-4-14(17)2/h4,7,12,15H,3,5-6,8-11,13H2,1-2H3/p+1. The van der Waals surface area contributed by atoms with Crippen molar-refractivity contribution in [3.63, 3.8) is 0 Å². The number of anilines is 1. The summed E-state index contributed by atoms with van der Waals surface area (Å²) in [6.07, 6.45) is 2.52. The molecule has 0 unspecified atom stereocenters. The minimum Gasteiger partial charge on any atom is -0.360 e. The van der Waals surface area contributed by atoms with Gasteiger partial charge in [-0.3, -0.25) is 0 Å². The fraction of sp³-hybridized carbons (Fsp3) is 0.579. The number of benzene rings is 1. The molecule has 2 heterocycles. The van der Waals surface area contributed by atoms with Gasteiger partial charge >= 0.3 is 0 Å². The second kappa shape index (κ2) is 7.33. The highest BCUT2D eigenvalue weighted by atomic mass is 35.5. The molecule has 140 valence electrons. The summed E-state index contributed by atoms with van der Waals surface area (Å²) in [5, 5.41) is 5.67. The molecule has 26 heavy (non-hydrogen) atoms. The van der Waals surface area contributed by atoms with Crippen LogP contribution in [0.15, 0.2) is 18.2 Å². The number of quaternary nitrogens is 1. The lowest BCUT2D eigenvalue weighted by Gasteiger charge is -2.34. The van der Waals surface area contributed by atoms with Crippen LogP contribution in [0.2, 0.25) is 5.02 Å². The zero-order chi connectivity index (χ0) is 18.3. The number of hydrogen-bond donors (Lipinski definition) is 1. The normalized spacial score (nSPS) is 18.5. The van der Waals surface area contributed by atoms with Gasteiger partial charge in [0.15, 0.2) is 6.67 Å². The summed E-state index contributed by atoms with van der Waals surface area (Å²) in [7, 11) is 0. The van der Waals surface area contributed by atoms with E-state index in [0.29, 0.717) is 5.92 Å². The monoisotopic (exact) mass is 392 g/mol. The molecule has 7 heteroatoms. The molecule has 2 fully saturated rings. The molecule has 0 bridgehead atoms. The van der Waals surface area contributed by atoms with Gasteiger partial charge in [-0.15, -0.1) is 0 Å². The van der Waals surface area contributed by atoms with Gasteiger partial charge in [0.1, 0.15) is 5.82 Å². The summed E-state index contributed by atoms with van der Waals surface area (Å²) in [5.74, 6) is 1.83. The average molecular weight is 393 g/mol. The van der Waals surface area contributed by atoms with Crippen LogP contribution in [0.3, 0.4) is 0 Å². The Morgan fingerprint density at radius 1 is 1.27 bits per heavy atom. The molecular weight excluding hydrogens is 366 g/mol. The van der Waals surface area contributed by atoms with E-state index in [0.717, 1.165) is 49.2 Å². The van der Waals surface area contributed by atoms with Crippen LogP contribution in [-0.2, 0) is 13.2 Å². The van der Waals surface area contributed by atoms with Gasteiger partial charge in [0, 0.05) is 23.2 Å². The Balaban J connectivity index is 1.43. The van der Waals surface area contributed by atoms with Crippen molar-refractivity contribution in [3.05, 3.63) is 39.4 Å². The Bertz CT molecular complexity index is 846. The molecule has 0 atom stereocenters. The van der Waals surface area contributed by atoms with Crippen LogP contribution in [0.25, 0.3) is 0 Å². The molecular formula is C19H27ClN5S+. The first kappa shape index (κ1) is 18.0. The second-order valence-corrected chi connectivity index (χ2v) is 8.29. The minimum atomic E-state index is 0.635. The van der Waals surface area contributed by atoms with E-state index < -0.39 is 0 Å². The van der Waals surface area contributed by atoms with E-state index in [1.165, 1.54) is 29.9 Å². The summed E-state index contributed by atoms with van der Waals surface area (Å²) < 4.78 is 5.16. The maximum atomic E-state index is 6.19. The van der Waals surface area contributed by atoms with Crippen LogP contribution in [0.1, 0.15) is 37.1 Å². The zero-order valence-corrected chi connectivity index (χ0v) is 17.1. The predicted octanol–water partition coefficient (Wildman–Crippen LogP) is 2.64. The van der Waals surface area contributed by atoms with E-state index >= 15 is 0 Å². The lowest BCUT2D eigenvalue weighted by atomic mass is 10.1. The molecule has 2 aromatic rings. The van der Waals surface area contributed by atoms with E-state index in [2.05, 4.69) is 40.1 Å². The summed E-state index contributed by atoms with van der Waals surface area (Å²) in [5.41, 5.74) is 2.55. The maximum absolute atomic E-state index is 6.19. The molecule has 1 aliphatic heterocycles. The molecule has 0 spiro atoms. The maximum Gasteiger partial charge on any atom is 0.202 e. The van der Waals surface area contributed by atoms with Crippen LogP contribution in [-0.4, -0.2) is 40.5 Å². The molecule has 0 amide bonds. The number of aromatic nitrogens is 3. The van der Waals surface area contributed by atoms with E-state index in [1.807, 2.05) is 6.07 Å². The molecule has 1 saturated carbocycles. The fourth-order valence-electron chi connectivity index (χ4n) is 3.86. The minimum absolute atomic E-state index is 0.635. The quantitative estimate of drug-likeness (QED) is 0.793. The van der Waals surface area contributed by atoms with Crippen LogP contribution < -0.4 is 9.80 Å². The average Bonchev–Trinajstić information content (AvgIpc) is 3.44. The number of aryl methyl sites for hydroxylation is 1. The smallest absolute Gasteiger partial charge is 0.202 e. The van der Waals surface area contributed by atoms with Gasteiger partial charge in [0.25, 0.3) is 0 Å². The van der Waals surface area contributed by atoms with Crippen LogP contribution in [0.5, 0.6) is 0 Å². The largest absolute Gasteiger partial charge is 0.360 e. The Morgan fingerprint density at radius 2 is 2.00 bits per heavy atom. The van der Waals surface area contributed by atoms with Gasteiger partial charge in [-0.25, -0.2) is 0 Å². The van der Waals surface area contributed by atoms with Crippen LogP contribution in [0, 0.1) is 11.7 Å². The van der Waals surface area contributed by atoms with E-state index in [-0.39, 0.29) is 0 Å². The Kier molecular flexibility index (Phi) is 5.08. The van der Waals surface area contributed by atoms with E-state index in [1.54, 1.807) is 4.90 Å². The summed E-state index contributed by atoms with van der Waals surface area (Å²) in [6, 6.07) is 6.15. The molecule has 4 rings (SSSR count). The molecule has 1 aromatic heterocycles. The van der Waals surface area contributed by atoms with E-state index in [9.17, 15) is 0 Å². The molecule has 2 aliphatic rings. The van der Waals surface area contributed by atoms with Crippen LogP contribution in [0.4, 0.5) is 5.69 Å². The molecule has 1 N–H and O–H groups in total. The van der Waals surface area contributed by atoms with Crippen molar-refractivity contribution in [1.29, 1.82) is 0 Å². The van der Waals surface area contributed by atoms with Crippen LogP contribution >= 0.6 is 23.8 Å². The number of halogens is 1. The zero-order valence-electron chi connectivity index (χ0n) is 15.5. The first-order valence-electron chi connectivity index (χ1n) is 9.59. The second-order valence-electron chi connectivity index (χ2n) is 7.48. The highest BCUT2D eigenvalue weighted by Gasteiger charge is 2.30. The third-order valence-electron chi connectivity index (χ3n) is 5.57. The van der Waals surface area contributed by atoms with Crippen molar-refractivity contribution in [2.75, 3.05) is 31.1 Å². The van der Waals surface area contributed by atoms with Gasteiger partial charge in [-0.05, 0) is 56.6 Å². The highest BCUT2D eigenvalue weighted by molar-refractivity contribution is 7.71. The van der Waals surface area contributed by atoms with Crippen molar-refractivity contribution >= 4 is 29.5 Å². The SMILES string of the molecule is CCn1c(C2CC2)nn(C[NH+]2CCN(c3cc(Cl)ccc3C)CC2)c1=S. The first-order chi connectivity index (χ1) is 12.6. The molecule has 1 aliphatic carbocycles. The third kappa shape index (κ3) is 3.55. The van der Waals surface area contributed by atoms with Gasteiger partial charge < -0.3 is 14.4 Å². The Labute approximate surface area is 165 Å². The summed E-state index contributed by atoms with van der Waals surface area (Å²) in [6.45, 7) is 10.3. The van der Waals surface area contributed by atoms with Crippen molar-refractivity contribution < 1.29 is 4.90 Å². The molecule has 0 radical (unpaired) electrons.